The Balaban J connectivity index is 1.46. The van der Waals surface area contributed by atoms with Crippen LogP contribution in [0.25, 0.3) is 0 Å². The van der Waals surface area contributed by atoms with Crippen LogP contribution in [-0.2, 0) is 4.79 Å². The maximum absolute atomic E-state index is 11.6. The van der Waals surface area contributed by atoms with Gasteiger partial charge < -0.3 is 14.7 Å². The van der Waals surface area contributed by atoms with Crippen molar-refractivity contribution in [2.45, 2.75) is 38.6 Å². The molecule has 2 aliphatic heterocycles. The number of carbonyl (C=O) groups is 1. The number of likely N-dealkylation sites (tertiary alicyclic amines) is 2. The summed E-state index contributed by atoms with van der Waals surface area (Å²) in [4.78, 5) is 26.8. The van der Waals surface area contributed by atoms with Gasteiger partial charge in [0.2, 0.25) is 5.91 Å². The maximum atomic E-state index is 11.6. The quantitative estimate of drug-likeness (QED) is 0.839. The van der Waals surface area contributed by atoms with Gasteiger partial charge in [-0.1, -0.05) is 0 Å². The number of amides is 1. The molecular weight excluding hydrogens is 302 g/mol. The molecule has 1 amide bonds. The molecule has 2 aliphatic rings. The predicted octanol–water partition coefficient (Wildman–Crippen LogP) is 1.64. The molecule has 0 N–H and O–H groups in total. The van der Waals surface area contributed by atoms with E-state index < -0.39 is 0 Å². The highest BCUT2D eigenvalue weighted by atomic mass is 16.2. The molecule has 6 nitrogen and oxygen atoms in total. The zero-order valence-electron chi connectivity index (χ0n) is 14.9. The van der Waals surface area contributed by atoms with Gasteiger partial charge in [0.25, 0.3) is 0 Å². The molecule has 1 atom stereocenters. The minimum atomic E-state index is 0.227. The lowest BCUT2D eigenvalue weighted by Gasteiger charge is -2.40. The summed E-state index contributed by atoms with van der Waals surface area (Å²) in [5.74, 6) is 1.87. The van der Waals surface area contributed by atoms with Crippen LogP contribution in [-0.4, -0.2) is 71.5 Å². The van der Waals surface area contributed by atoms with Crippen molar-refractivity contribution >= 4 is 11.7 Å². The van der Waals surface area contributed by atoms with E-state index in [1.165, 1.54) is 19.3 Å². The lowest BCUT2D eigenvalue weighted by Crippen LogP contribution is -2.47. The lowest BCUT2D eigenvalue weighted by atomic mass is 9.95. The summed E-state index contributed by atoms with van der Waals surface area (Å²) in [5, 5.41) is 0. The summed E-state index contributed by atoms with van der Waals surface area (Å²) >= 11 is 0. The van der Waals surface area contributed by atoms with Crippen LogP contribution in [0.4, 0.5) is 5.82 Å². The molecule has 3 heterocycles. The highest BCUT2D eigenvalue weighted by Crippen LogP contribution is 2.23. The van der Waals surface area contributed by atoms with Gasteiger partial charge in [0.15, 0.2) is 0 Å². The number of anilines is 1. The minimum absolute atomic E-state index is 0.227. The van der Waals surface area contributed by atoms with Crippen molar-refractivity contribution in [3.8, 4) is 0 Å². The maximum Gasteiger partial charge on any atom is 0.219 e. The van der Waals surface area contributed by atoms with Crippen molar-refractivity contribution in [2.24, 2.45) is 5.92 Å². The second-order valence-electron chi connectivity index (χ2n) is 7.18. The summed E-state index contributed by atoms with van der Waals surface area (Å²) < 4.78 is 0. The number of hydrogen-bond donors (Lipinski definition) is 0. The Kier molecular flexibility index (Phi) is 5.66. The van der Waals surface area contributed by atoms with E-state index in [4.69, 9.17) is 0 Å². The van der Waals surface area contributed by atoms with Crippen molar-refractivity contribution in [3.05, 3.63) is 18.6 Å². The molecule has 0 saturated carbocycles. The normalized spacial score (nSPS) is 23.2. The summed E-state index contributed by atoms with van der Waals surface area (Å²) in [7, 11) is 2.13. The SMILES string of the molecule is CC(=O)N1CCCC(CN2CCC(N(C)c3ccncn3)CC2)C1. The fraction of sp³-hybridized carbons (Fsp3) is 0.722. The minimum Gasteiger partial charge on any atom is -0.356 e. The molecule has 0 aliphatic carbocycles. The van der Waals surface area contributed by atoms with Crippen molar-refractivity contribution in [3.63, 3.8) is 0 Å². The first-order valence-electron chi connectivity index (χ1n) is 9.10. The Bertz CT molecular complexity index is 529. The Morgan fingerprint density at radius 2 is 2.08 bits per heavy atom. The van der Waals surface area contributed by atoms with Gasteiger partial charge in [-0.05, 0) is 37.7 Å². The van der Waals surface area contributed by atoms with Crippen molar-refractivity contribution in [2.75, 3.05) is 44.7 Å². The van der Waals surface area contributed by atoms with Gasteiger partial charge in [-0.2, -0.15) is 0 Å². The molecule has 0 radical (unpaired) electrons. The van der Waals surface area contributed by atoms with Crippen LogP contribution in [0.3, 0.4) is 0 Å². The van der Waals surface area contributed by atoms with Crippen molar-refractivity contribution < 1.29 is 4.79 Å². The third kappa shape index (κ3) is 4.23. The predicted molar refractivity (Wildman–Crippen MR) is 94.9 cm³/mol. The molecule has 0 spiro atoms. The van der Waals surface area contributed by atoms with Crippen LogP contribution in [0.5, 0.6) is 0 Å². The first kappa shape index (κ1) is 17.1. The van der Waals surface area contributed by atoms with Gasteiger partial charge in [-0.3, -0.25) is 4.79 Å². The second kappa shape index (κ2) is 7.92. The molecule has 2 saturated heterocycles. The Morgan fingerprint density at radius 3 is 2.75 bits per heavy atom. The second-order valence-corrected chi connectivity index (χ2v) is 7.18. The van der Waals surface area contributed by atoms with E-state index in [0.29, 0.717) is 12.0 Å². The monoisotopic (exact) mass is 331 g/mol. The molecule has 1 aromatic heterocycles. The number of aromatic nitrogens is 2. The third-order valence-corrected chi connectivity index (χ3v) is 5.51. The molecule has 1 unspecified atom stereocenters. The molecule has 3 rings (SSSR count). The molecule has 2 fully saturated rings. The standard InChI is InChI=1S/C18H29N5O/c1-15(24)23-9-3-4-16(13-23)12-22-10-6-17(7-11-22)21(2)18-5-8-19-14-20-18/h5,8,14,16-17H,3-4,6-7,9-13H2,1-2H3. The summed E-state index contributed by atoms with van der Waals surface area (Å²) in [6.07, 6.45) is 8.16. The van der Waals surface area contributed by atoms with Crippen LogP contribution in [0.15, 0.2) is 18.6 Å². The molecule has 0 bridgehead atoms. The highest BCUT2D eigenvalue weighted by Gasteiger charge is 2.27. The number of carbonyl (C=O) groups excluding carboxylic acids is 1. The largest absolute Gasteiger partial charge is 0.356 e. The first-order chi connectivity index (χ1) is 11.6. The third-order valence-electron chi connectivity index (χ3n) is 5.51. The average Bonchev–Trinajstić information content (AvgIpc) is 2.63. The zero-order valence-corrected chi connectivity index (χ0v) is 14.9. The van der Waals surface area contributed by atoms with E-state index in [2.05, 4.69) is 26.8 Å². The summed E-state index contributed by atoms with van der Waals surface area (Å²) in [6.45, 7) is 6.98. The molecule has 24 heavy (non-hydrogen) atoms. The lowest BCUT2D eigenvalue weighted by molar-refractivity contribution is -0.130. The number of rotatable bonds is 4. The first-order valence-corrected chi connectivity index (χ1v) is 9.10. The van der Waals surface area contributed by atoms with E-state index in [-0.39, 0.29) is 5.91 Å². The van der Waals surface area contributed by atoms with E-state index in [1.807, 2.05) is 11.0 Å². The Hall–Kier alpha value is -1.69. The molecule has 132 valence electrons. The number of nitrogens with zero attached hydrogens (tertiary/aromatic N) is 5. The smallest absolute Gasteiger partial charge is 0.219 e. The van der Waals surface area contributed by atoms with E-state index in [9.17, 15) is 4.79 Å². The van der Waals surface area contributed by atoms with Crippen LogP contribution >= 0.6 is 0 Å². The average molecular weight is 331 g/mol. The van der Waals surface area contributed by atoms with Crippen molar-refractivity contribution in [1.82, 2.24) is 19.8 Å². The van der Waals surface area contributed by atoms with Gasteiger partial charge >= 0.3 is 0 Å². The van der Waals surface area contributed by atoms with Gasteiger partial charge in [-0.15, -0.1) is 0 Å². The topological polar surface area (TPSA) is 52.6 Å². The van der Waals surface area contributed by atoms with Crippen LogP contribution in [0.2, 0.25) is 0 Å². The zero-order chi connectivity index (χ0) is 16.9. The van der Waals surface area contributed by atoms with Gasteiger partial charge in [0.1, 0.15) is 12.1 Å². The van der Waals surface area contributed by atoms with Gasteiger partial charge in [0, 0.05) is 58.9 Å². The summed E-state index contributed by atoms with van der Waals surface area (Å²) in [6, 6.07) is 2.53. The molecular formula is C18H29N5O. The van der Waals surface area contributed by atoms with Gasteiger partial charge in [-0.25, -0.2) is 9.97 Å². The fourth-order valence-corrected chi connectivity index (χ4v) is 4.03. The van der Waals surface area contributed by atoms with Crippen LogP contribution < -0.4 is 4.90 Å². The Labute approximate surface area is 144 Å². The van der Waals surface area contributed by atoms with E-state index in [1.54, 1.807) is 19.4 Å². The Morgan fingerprint density at radius 1 is 1.29 bits per heavy atom. The van der Waals surface area contributed by atoms with Crippen LogP contribution in [0.1, 0.15) is 32.6 Å². The van der Waals surface area contributed by atoms with E-state index in [0.717, 1.165) is 45.0 Å². The number of hydrogen-bond acceptors (Lipinski definition) is 5. The molecule has 6 heteroatoms. The van der Waals surface area contributed by atoms with Crippen molar-refractivity contribution in [1.29, 1.82) is 0 Å². The molecule has 1 aromatic rings. The number of piperidine rings is 2. The fourth-order valence-electron chi connectivity index (χ4n) is 4.03. The van der Waals surface area contributed by atoms with E-state index >= 15 is 0 Å². The highest BCUT2D eigenvalue weighted by molar-refractivity contribution is 5.73. The summed E-state index contributed by atoms with van der Waals surface area (Å²) in [5.41, 5.74) is 0. The molecule has 0 aromatic carbocycles. The van der Waals surface area contributed by atoms with Crippen LogP contribution in [0, 0.1) is 5.92 Å². The van der Waals surface area contributed by atoms with Gasteiger partial charge in [0.05, 0.1) is 0 Å².